The van der Waals surface area contributed by atoms with Crippen LogP contribution in [-0.4, -0.2) is 32.8 Å². The molecule has 0 bridgehead atoms. The summed E-state index contributed by atoms with van der Waals surface area (Å²) < 4.78 is 33.1. The number of nitrogens with one attached hydrogen (secondary N) is 1. The average Bonchev–Trinajstić information content (AvgIpc) is 2.75. The molecule has 6 nitrogen and oxygen atoms in total. The van der Waals surface area contributed by atoms with E-state index >= 15 is 0 Å². The molecule has 0 fully saturated rings. The topological polar surface area (TPSA) is 75.7 Å². The van der Waals surface area contributed by atoms with Gasteiger partial charge in [0.05, 0.1) is 17.7 Å². The fraction of sp³-hybridized carbons (Fsp3) is 0.136. The Labute approximate surface area is 195 Å². The fourth-order valence-corrected chi connectivity index (χ4v) is 4.57. The minimum atomic E-state index is -3.75. The average molecular weight is 524 g/mol. The predicted octanol–water partition coefficient (Wildman–Crippen LogP) is 5.18. The van der Waals surface area contributed by atoms with Crippen molar-refractivity contribution in [2.24, 2.45) is 0 Å². The van der Waals surface area contributed by atoms with Crippen molar-refractivity contribution >= 4 is 49.1 Å². The van der Waals surface area contributed by atoms with Crippen molar-refractivity contribution in [2.75, 3.05) is 19.5 Å². The van der Waals surface area contributed by atoms with Crippen molar-refractivity contribution in [2.45, 2.75) is 11.4 Å². The van der Waals surface area contributed by atoms with Crippen LogP contribution in [0.4, 0.5) is 5.69 Å². The van der Waals surface area contributed by atoms with Crippen LogP contribution in [0.1, 0.15) is 15.9 Å². The minimum Gasteiger partial charge on any atom is -0.496 e. The van der Waals surface area contributed by atoms with E-state index in [9.17, 15) is 13.2 Å². The monoisotopic (exact) mass is 522 g/mol. The summed E-state index contributed by atoms with van der Waals surface area (Å²) in [4.78, 5) is 12.9. The first-order valence-corrected chi connectivity index (χ1v) is 11.8. The molecule has 0 spiro atoms. The van der Waals surface area contributed by atoms with Gasteiger partial charge in [-0.25, -0.2) is 8.42 Å². The van der Waals surface area contributed by atoms with Crippen molar-refractivity contribution in [1.29, 1.82) is 0 Å². The fourth-order valence-electron chi connectivity index (χ4n) is 2.91. The molecule has 3 aromatic carbocycles. The molecule has 0 aliphatic carbocycles. The van der Waals surface area contributed by atoms with Crippen molar-refractivity contribution in [3.63, 3.8) is 0 Å². The van der Waals surface area contributed by atoms with Crippen LogP contribution in [0.5, 0.6) is 5.75 Å². The molecule has 0 heterocycles. The second kappa shape index (κ2) is 9.82. The van der Waals surface area contributed by atoms with Crippen LogP contribution in [-0.2, 0) is 16.6 Å². The van der Waals surface area contributed by atoms with Crippen LogP contribution < -0.4 is 10.1 Å². The summed E-state index contributed by atoms with van der Waals surface area (Å²) in [6.45, 7) is 0.0181. The first kappa shape index (κ1) is 23.3. The van der Waals surface area contributed by atoms with Crippen molar-refractivity contribution in [3.8, 4) is 5.75 Å². The van der Waals surface area contributed by atoms with Crippen LogP contribution in [0.2, 0.25) is 5.02 Å². The lowest BCUT2D eigenvalue weighted by Gasteiger charge is -2.19. The maximum Gasteiger partial charge on any atom is 0.255 e. The van der Waals surface area contributed by atoms with Crippen LogP contribution in [0.3, 0.4) is 0 Å². The molecule has 0 saturated carbocycles. The minimum absolute atomic E-state index is 0.0181. The highest BCUT2D eigenvalue weighted by Crippen LogP contribution is 2.26. The van der Waals surface area contributed by atoms with E-state index in [2.05, 4.69) is 21.2 Å². The number of amides is 1. The molecular formula is C22H20BrClN2O4S. The van der Waals surface area contributed by atoms with E-state index in [1.165, 1.54) is 42.7 Å². The first-order chi connectivity index (χ1) is 14.7. The normalized spacial score (nSPS) is 11.4. The Morgan fingerprint density at radius 3 is 2.42 bits per heavy atom. The highest BCUT2D eigenvalue weighted by molar-refractivity contribution is 9.10. The maximum atomic E-state index is 12.9. The summed E-state index contributed by atoms with van der Waals surface area (Å²) in [6.07, 6.45) is 0. The largest absolute Gasteiger partial charge is 0.496 e. The molecule has 0 saturated heterocycles. The Bertz CT molecular complexity index is 1200. The summed E-state index contributed by atoms with van der Waals surface area (Å²) in [5.74, 6) is 0.162. The number of ether oxygens (including phenoxy) is 1. The summed E-state index contributed by atoms with van der Waals surface area (Å²) >= 11 is 9.26. The standard InChI is InChI=1S/C22H20BrClN2O4S/c1-26(31(28,29)18-10-8-17(24)9-11-18)14-16-13-15(7-12-21(16)30-2)22(27)25-20-6-4-3-5-19(20)23/h3-13H,14H2,1-2H3,(H,25,27). The summed E-state index contributed by atoms with van der Waals surface area (Å²) in [5, 5.41) is 3.29. The Hall–Kier alpha value is -2.39. The zero-order valence-electron chi connectivity index (χ0n) is 16.8. The lowest BCUT2D eigenvalue weighted by molar-refractivity contribution is 0.102. The Morgan fingerprint density at radius 2 is 1.77 bits per heavy atom. The SMILES string of the molecule is COc1ccc(C(=O)Nc2ccccc2Br)cc1CN(C)S(=O)(=O)c1ccc(Cl)cc1. The third kappa shape index (κ3) is 5.46. The van der Waals surface area contributed by atoms with Gasteiger partial charge < -0.3 is 10.1 Å². The van der Waals surface area contributed by atoms with E-state index in [0.717, 1.165) is 4.47 Å². The van der Waals surface area contributed by atoms with E-state index in [-0.39, 0.29) is 17.3 Å². The number of nitrogens with zero attached hydrogens (tertiary/aromatic N) is 1. The molecule has 3 rings (SSSR count). The molecule has 31 heavy (non-hydrogen) atoms. The number of para-hydroxylation sites is 1. The molecule has 3 aromatic rings. The van der Waals surface area contributed by atoms with Crippen LogP contribution in [0, 0.1) is 0 Å². The Kier molecular flexibility index (Phi) is 7.38. The summed E-state index contributed by atoms with van der Waals surface area (Å²) in [6, 6.07) is 18.1. The van der Waals surface area contributed by atoms with E-state index in [4.69, 9.17) is 16.3 Å². The van der Waals surface area contributed by atoms with Crippen molar-refractivity contribution < 1.29 is 17.9 Å². The number of anilines is 1. The highest BCUT2D eigenvalue weighted by atomic mass is 79.9. The number of benzene rings is 3. The van der Waals surface area contributed by atoms with Crippen LogP contribution >= 0.6 is 27.5 Å². The molecule has 0 aromatic heterocycles. The number of sulfonamides is 1. The molecule has 0 radical (unpaired) electrons. The van der Waals surface area contributed by atoms with Gasteiger partial charge in [-0.05, 0) is 70.5 Å². The van der Waals surface area contributed by atoms with Crippen molar-refractivity contribution in [1.82, 2.24) is 4.31 Å². The molecule has 0 atom stereocenters. The lowest BCUT2D eigenvalue weighted by Crippen LogP contribution is -2.27. The molecular weight excluding hydrogens is 504 g/mol. The van der Waals surface area contributed by atoms with E-state index in [1.807, 2.05) is 18.2 Å². The molecule has 1 N–H and O–H groups in total. The first-order valence-electron chi connectivity index (χ1n) is 9.17. The maximum absolute atomic E-state index is 12.9. The van der Waals surface area contributed by atoms with Gasteiger partial charge in [0.1, 0.15) is 5.75 Å². The van der Waals surface area contributed by atoms with E-state index < -0.39 is 10.0 Å². The molecule has 0 aliphatic rings. The summed E-state index contributed by atoms with van der Waals surface area (Å²) in [5.41, 5.74) is 1.57. The number of hydrogen-bond donors (Lipinski definition) is 1. The number of carbonyl (C=O) groups excluding carboxylic acids is 1. The predicted molar refractivity (Wildman–Crippen MR) is 125 cm³/mol. The lowest BCUT2D eigenvalue weighted by atomic mass is 10.1. The number of carbonyl (C=O) groups is 1. The van der Waals surface area contributed by atoms with Gasteiger partial charge in [-0.3, -0.25) is 4.79 Å². The second-order valence-electron chi connectivity index (χ2n) is 6.68. The van der Waals surface area contributed by atoms with Crippen molar-refractivity contribution in [3.05, 3.63) is 87.4 Å². The molecule has 9 heteroatoms. The molecule has 0 aliphatic heterocycles. The number of methoxy groups -OCH3 is 1. The number of rotatable bonds is 7. The van der Waals surface area contributed by atoms with Crippen LogP contribution in [0.25, 0.3) is 0 Å². The van der Waals surface area contributed by atoms with Gasteiger partial charge in [0, 0.05) is 34.2 Å². The molecule has 0 unspecified atom stereocenters. The number of halogens is 2. The quantitative estimate of drug-likeness (QED) is 0.463. The van der Waals surface area contributed by atoms with Gasteiger partial charge in [0.15, 0.2) is 0 Å². The smallest absolute Gasteiger partial charge is 0.255 e. The Balaban J connectivity index is 1.86. The zero-order chi connectivity index (χ0) is 22.6. The van der Waals surface area contributed by atoms with E-state index in [1.54, 1.807) is 24.3 Å². The third-order valence-corrected chi connectivity index (χ3v) is 7.34. The zero-order valence-corrected chi connectivity index (χ0v) is 20.0. The third-order valence-electron chi connectivity index (χ3n) is 4.58. The van der Waals surface area contributed by atoms with E-state index in [0.29, 0.717) is 27.6 Å². The van der Waals surface area contributed by atoms with Gasteiger partial charge in [-0.2, -0.15) is 4.31 Å². The second-order valence-corrected chi connectivity index (χ2v) is 10.0. The van der Waals surface area contributed by atoms with Gasteiger partial charge in [-0.1, -0.05) is 23.7 Å². The number of hydrogen-bond acceptors (Lipinski definition) is 4. The van der Waals surface area contributed by atoms with Gasteiger partial charge in [0.25, 0.3) is 5.91 Å². The van der Waals surface area contributed by atoms with Gasteiger partial charge >= 0.3 is 0 Å². The highest BCUT2D eigenvalue weighted by Gasteiger charge is 2.23. The summed E-state index contributed by atoms with van der Waals surface area (Å²) in [7, 11) is -0.791. The molecule has 162 valence electrons. The Morgan fingerprint density at radius 1 is 1.10 bits per heavy atom. The molecule has 1 amide bonds. The van der Waals surface area contributed by atoms with Gasteiger partial charge in [0.2, 0.25) is 10.0 Å². The van der Waals surface area contributed by atoms with Gasteiger partial charge in [-0.15, -0.1) is 0 Å². The van der Waals surface area contributed by atoms with Crippen LogP contribution in [0.15, 0.2) is 76.1 Å².